The fourth-order valence-electron chi connectivity index (χ4n) is 2.86. The smallest absolute Gasteiger partial charge is 0.236 e. The molecule has 0 bridgehead atoms. The van der Waals surface area contributed by atoms with E-state index in [1.54, 1.807) is 17.0 Å². The number of thioether (sulfide) groups is 1. The third-order valence-corrected chi connectivity index (χ3v) is 5.78. The van der Waals surface area contributed by atoms with Crippen LogP contribution in [-0.2, 0) is 17.8 Å². The zero-order valence-corrected chi connectivity index (χ0v) is 15.2. The van der Waals surface area contributed by atoms with E-state index in [0.717, 1.165) is 22.9 Å². The van der Waals surface area contributed by atoms with E-state index in [2.05, 4.69) is 4.98 Å². The maximum absolute atomic E-state index is 13.9. The van der Waals surface area contributed by atoms with Crippen LogP contribution in [0.15, 0.2) is 35.2 Å². The molecule has 1 aliphatic heterocycles. The first-order valence-electron chi connectivity index (χ1n) is 8.02. The molecule has 1 amide bonds. The Balaban J connectivity index is 1.73. The minimum atomic E-state index is -0.664. The summed E-state index contributed by atoms with van der Waals surface area (Å²) in [5.74, 6) is -0.966. The number of amides is 1. The van der Waals surface area contributed by atoms with E-state index in [1.807, 2.05) is 6.92 Å². The zero-order valence-electron chi connectivity index (χ0n) is 13.6. The average molecular weight is 383 g/mol. The van der Waals surface area contributed by atoms with Gasteiger partial charge in [0, 0.05) is 13.1 Å². The predicted molar refractivity (Wildman–Crippen MR) is 94.7 cm³/mol. The topological polar surface area (TPSA) is 33.2 Å². The van der Waals surface area contributed by atoms with Crippen LogP contribution in [-0.4, -0.2) is 27.6 Å². The van der Waals surface area contributed by atoms with Crippen molar-refractivity contribution >= 4 is 29.3 Å². The highest BCUT2D eigenvalue weighted by Gasteiger charge is 2.28. The van der Waals surface area contributed by atoms with Crippen LogP contribution in [0.5, 0.6) is 0 Å². The second kappa shape index (κ2) is 7.70. The van der Waals surface area contributed by atoms with E-state index < -0.39 is 11.2 Å². The fourth-order valence-corrected chi connectivity index (χ4v) is 4.01. The lowest BCUT2D eigenvalue weighted by Gasteiger charge is -2.31. The second-order valence-corrected chi connectivity index (χ2v) is 7.49. The van der Waals surface area contributed by atoms with Gasteiger partial charge in [-0.2, -0.15) is 4.39 Å². The van der Waals surface area contributed by atoms with Gasteiger partial charge in [-0.15, -0.1) is 11.8 Å². The Morgan fingerprint density at radius 2 is 2.12 bits per heavy atom. The van der Waals surface area contributed by atoms with E-state index in [4.69, 9.17) is 11.6 Å². The number of benzene rings is 1. The molecule has 2 heterocycles. The van der Waals surface area contributed by atoms with Gasteiger partial charge in [-0.25, -0.2) is 9.37 Å². The monoisotopic (exact) mass is 382 g/mol. The van der Waals surface area contributed by atoms with Crippen LogP contribution < -0.4 is 0 Å². The van der Waals surface area contributed by atoms with Crippen molar-refractivity contribution in [2.45, 2.75) is 36.5 Å². The third kappa shape index (κ3) is 4.12. The lowest BCUT2D eigenvalue weighted by atomic mass is 9.99. The van der Waals surface area contributed by atoms with Gasteiger partial charge >= 0.3 is 0 Å². The summed E-state index contributed by atoms with van der Waals surface area (Å²) >= 11 is 6.83. The molecule has 0 saturated carbocycles. The van der Waals surface area contributed by atoms with Crippen molar-refractivity contribution in [2.75, 3.05) is 6.54 Å². The Kier molecular flexibility index (Phi) is 5.59. The van der Waals surface area contributed by atoms with Gasteiger partial charge in [0.1, 0.15) is 11.0 Å². The molecule has 0 saturated heterocycles. The number of carbonyl (C=O) groups excluding carboxylic acids is 1. The van der Waals surface area contributed by atoms with Crippen LogP contribution in [0.3, 0.4) is 0 Å². The normalized spacial score (nSPS) is 15.0. The first kappa shape index (κ1) is 18.1. The summed E-state index contributed by atoms with van der Waals surface area (Å²) in [6.45, 7) is 2.88. The summed E-state index contributed by atoms with van der Waals surface area (Å²) in [5.41, 5.74) is 1.90. The van der Waals surface area contributed by atoms with Gasteiger partial charge in [0.25, 0.3) is 0 Å². The van der Waals surface area contributed by atoms with Crippen LogP contribution in [0.25, 0.3) is 0 Å². The van der Waals surface area contributed by atoms with Gasteiger partial charge in [-0.05, 0) is 48.2 Å². The summed E-state index contributed by atoms with van der Waals surface area (Å²) in [6.07, 6.45) is 1.19. The van der Waals surface area contributed by atoms with Gasteiger partial charge < -0.3 is 4.90 Å². The molecule has 1 aliphatic rings. The van der Waals surface area contributed by atoms with Gasteiger partial charge in [-0.1, -0.05) is 24.6 Å². The molecule has 0 N–H and O–H groups in total. The fraction of sp³-hybridized carbons (Fsp3) is 0.333. The molecule has 25 heavy (non-hydrogen) atoms. The number of rotatable bonds is 4. The molecule has 1 aromatic heterocycles. The lowest BCUT2D eigenvalue weighted by Crippen LogP contribution is -2.41. The summed E-state index contributed by atoms with van der Waals surface area (Å²) in [6, 6.07) is 7.71. The largest absolute Gasteiger partial charge is 0.337 e. The number of hydrogen-bond donors (Lipinski definition) is 0. The molecule has 7 heteroatoms. The van der Waals surface area contributed by atoms with Crippen LogP contribution in [0.2, 0.25) is 5.15 Å². The summed E-state index contributed by atoms with van der Waals surface area (Å²) in [5, 5.41) is -0.319. The maximum atomic E-state index is 13.9. The number of hydrogen-bond acceptors (Lipinski definition) is 3. The first-order chi connectivity index (χ1) is 12.0. The minimum Gasteiger partial charge on any atom is -0.337 e. The average Bonchev–Trinajstić information content (AvgIpc) is 2.60. The van der Waals surface area contributed by atoms with Gasteiger partial charge in [0.15, 0.2) is 0 Å². The Morgan fingerprint density at radius 3 is 2.84 bits per heavy atom. The number of carbonyl (C=O) groups is 1. The highest BCUT2D eigenvalue weighted by Crippen LogP contribution is 2.30. The summed E-state index contributed by atoms with van der Waals surface area (Å²) in [4.78, 5) is 18.5. The highest BCUT2D eigenvalue weighted by molar-refractivity contribution is 8.00. The molecule has 2 aromatic rings. The quantitative estimate of drug-likeness (QED) is 0.578. The molecule has 0 radical (unpaired) electrons. The van der Waals surface area contributed by atoms with Crippen LogP contribution in [0.4, 0.5) is 8.78 Å². The predicted octanol–water partition coefficient (Wildman–Crippen LogP) is 4.47. The molecule has 3 nitrogen and oxygen atoms in total. The standard InChI is InChI=1S/C18H17ClF2N2OS/c1-2-14(25-15-5-6-16(19)22-17(15)21)18(24)23-8-7-11-9-13(20)4-3-12(11)10-23/h3-6,9,14H,2,7-8,10H2,1H3. The van der Waals surface area contributed by atoms with Crippen molar-refractivity contribution in [3.63, 3.8) is 0 Å². The third-order valence-electron chi connectivity index (χ3n) is 4.19. The van der Waals surface area contributed by atoms with E-state index in [0.29, 0.717) is 30.8 Å². The van der Waals surface area contributed by atoms with Gasteiger partial charge in [-0.3, -0.25) is 4.79 Å². The molecular formula is C18H17ClF2N2OS. The number of pyridine rings is 1. The molecule has 1 unspecified atom stereocenters. The molecule has 0 fully saturated rings. The Hall–Kier alpha value is -1.66. The van der Waals surface area contributed by atoms with E-state index in [1.165, 1.54) is 18.2 Å². The van der Waals surface area contributed by atoms with Crippen LogP contribution in [0, 0.1) is 11.8 Å². The van der Waals surface area contributed by atoms with Crippen LogP contribution >= 0.6 is 23.4 Å². The molecule has 132 valence electrons. The van der Waals surface area contributed by atoms with Crippen molar-refractivity contribution < 1.29 is 13.6 Å². The SMILES string of the molecule is CCC(Sc1ccc(Cl)nc1F)C(=O)N1CCc2cc(F)ccc2C1. The van der Waals surface area contributed by atoms with Crippen molar-refractivity contribution in [1.82, 2.24) is 9.88 Å². The number of nitrogens with zero attached hydrogens (tertiary/aromatic N) is 2. The Morgan fingerprint density at radius 1 is 1.32 bits per heavy atom. The Labute approximate surface area is 154 Å². The highest BCUT2D eigenvalue weighted by atomic mass is 35.5. The number of fused-ring (bicyclic) bond motifs is 1. The summed E-state index contributed by atoms with van der Waals surface area (Å²) in [7, 11) is 0. The first-order valence-corrected chi connectivity index (χ1v) is 9.28. The van der Waals surface area contributed by atoms with Crippen molar-refractivity contribution in [2.24, 2.45) is 0 Å². The van der Waals surface area contributed by atoms with Gasteiger partial charge in [0.2, 0.25) is 11.9 Å². The zero-order chi connectivity index (χ0) is 18.0. The van der Waals surface area contributed by atoms with E-state index in [9.17, 15) is 13.6 Å². The van der Waals surface area contributed by atoms with Crippen molar-refractivity contribution in [1.29, 1.82) is 0 Å². The molecule has 3 rings (SSSR count). The van der Waals surface area contributed by atoms with E-state index in [-0.39, 0.29) is 16.9 Å². The van der Waals surface area contributed by atoms with E-state index >= 15 is 0 Å². The molecular weight excluding hydrogens is 366 g/mol. The van der Waals surface area contributed by atoms with Crippen molar-refractivity contribution in [3.8, 4) is 0 Å². The summed E-state index contributed by atoms with van der Waals surface area (Å²) < 4.78 is 27.2. The maximum Gasteiger partial charge on any atom is 0.236 e. The molecule has 1 aromatic carbocycles. The molecule has 0 spiro atoms. The second-order valence-electron chi connectivity index (χ2n) is 5.86. The van der Waals surface area contributed by atoms with Crippen LogP contribution in [0.1, 0.15) is 24.5 Å². The lowest BCUT2D eigenvalue weighted by molar-refractivity contribution is -0.131. The van der Waals surface area contributed by atoms with Gasteiger partial charge in [0.05, 0.1) is 10.1 Å². The number of aromatic nitrogens is 1. The number of halogens is 3. The minimum absolute atomic E-state index is 0.0446. The molecule has 1 atom stereocenters. The molecule has 0 aliphatic carbocycles. The Bertz CT molecular complexity index is 803. The van der Waals surface area contributed by atoms with Crippen molar-refractivity contribution in [3.05, 3.63) is 58.4 Å².